The highest BCUT2D eigenvalue weighted by atomic mass is 28.4. The van der Waals surface area contributed by atoms with Crippen LogP contribution in [0.2, 0.25) is 18.1 Å². The molecule has 2 aliphatic heterocycles. The van der Waals surface area contributed by atoms with Crippen LogP contribution in [0.25, 0.3) is 0 Å². The van der Waals surface area contributed by atoms with Crippen LogP contribution in [-0.4, -0.2) is 88.4 Å². The second-order valence-corrected chi connectivity index (χ2v) is 19.4. The van der Waals surface area contributed by atoms with Gasteiger partial charge in [-0.2, -0.15) is 0 Å². The summed E-state index contributed by atoms with van der Waals surface area (Å²) in [5.41, 5.74) is 3.56. The van der Waals surface area contributed by atoms with E-state index in [4.69, 9.17) is 13.9 Å². The molecule has 1 aliphatic carbocycles. The fraction of sp³-hybridized carbons (Fsp3) is 0.556. The number of hydrogen-bond donors (Lipinski definition) is 1. The minimum Gasteiger partial charge on any atom is -0.493 e. The van der Waals surface area contributed by atoms with E-state index < -0.39 is 8.32 Å². The molecule has 1 saturated heterocycles. The Kier molecular flexibility index (Phi) is 9.53. The molecule has 10 heteroatoms. The van der Waals surface area contributed by atoms with E-state index in [0.717, 1.165) is 12.0 Å². The Morgan fingerprint density at radius 2 is 1.78 bits per heavy atom. The second kappa shape index (κ2) is 12.9. The normalized spacial score (nSPS) is 24.7. The number of piperidine rings is 1. The van der Waals surface area contributed by atoms with Gasteiger partial charge in [0.2, 0.25) is 0 Å². The van der Waals surface area contributed by atoms with Crippen LogP contribution in [0.5, 0.6) is 11.5 Å². The smallest absolute Gasteiger partial charge is 0.323 e. The first-order valence-corrected chi connectivity index (χ1v) is 19.3. The van der Waals surface area contributed by atoms with Gasteiger partial charge in [-0.3, -0.25) is 4.79 Å². The van der Waals surface area contributed by atoms with Crippen LogP contribution in [0.4, 0.5) is 10.5 Å². The Balaban J connectivity index is 1.46. The van der Waals surface area contributed by atoms with E-state index in [1.54, 1.807) is 18.1 Å². The quantitative estimate of drug-likeness (QED) is 0.290. The molecule has 0 aromatic heterocycles. The number of likely N-dealkylation sites (N-methyl/N-ethyl adjacent to an activating group) is 1. The number of likely N-dealkylation sites (tertiary alicyclic amines) is 1. The summed E-state index contributed by atoms with van der Waals surface area (Å²) in [5, 5.41) is 3.29. The summed E-state index contributed by atoms with van der Waals surface area (Å²) in [7, 11) is 5.03. The Labute approximate surface area is 276 Å². The zero-order valence-corrected chi connectivity index (χ0v) is 30.2. The number of ether oxygens (including phenoxy) is 2. The number of urea groups is 1. The number of carbonyl (C=O) groups is 2. The van der Waals surface area contributed by atoms with Crippen molar-refractivity contribution < 1.29 is 23.5 Å². The average Bonchev–Trinajstić information content (AvgIpc) is 3.76. The highest BCUT2D eigenvalue weighted by Crippen LogP contribution is 2.60. The molecule has 2 aromatic carbocycles. The molecule has 0 radical (unpaired) electrons. The van der Waals surface area contributed by atoms with Gasteiger partial charge >= 0.3 is 6.03 Å². The van der Waals surface area contributed by atoms with Gasteiger partial charge in [0, 0.05) is 40.0 Å². The maximum Gasteiger partial charge on any atom is 0.323 e. The molecule has 1 N–H and O–H groups in total. The van der Waals surface area contributed by atoms with Crippen LogP contribution >= 0.6 is 0 Å². The first-order valence-electron chi connectivity index (χ1n) is 16.4. The van der Waals surface area contributed by atoms with Crippen molar-refractivity contribution in [3.05, 3.63) is 65.4 Å². The van der Waals surface area contributed by atoms with Crippen LogP contribution < -0.4 is 14.8 Å². The number of anilines is 1. The minimum atomic E-state index is -2.09. The molecule has 5 atom stereocenters. The lowest BCUT2D eigenvalue weighted by Gasteiger charge is -2.41. The molecular formula is C36H52N4O5Si. The molecule has 46 heavy (non-hydrogen) atoms. The van der Waals surface area contributed by atoms with Crippen molar-refractivity contribution in [3.63, 3.8) is 0 Å². The van der Waals surface area contributed by atoms with Gasteiger partial charge in [0.1, 0.15) is 6.61 Å². The summed E-state index contributed by atoms with van der Waals surface area (Å²) in [6, 6.07) is 13.6. The number of benzene rings is 2. The Bertz CT molecular complexity index is 1470. The SMILES string of the molecule is CNc1cc(OCc2ccccc2)c(OC)cc1C(=O)N1CC[C@@H]2C(C3=CN(C)C(=O)N(C)C3C)C2[C@H]1CO[Si](C)(C)C(C)(C)C. The summed E-state index contributed by atoms with van der Waals surface area (Å²) in [6.07, 6.45) is 2.94. The Hall–Kier alpha value is -3.50. The molecule has 5 rings (SSSR count). The molecule has 2 aromatic rings. The standard InChI is InChI=1S/C36H52N4O5Si/c1-23-27(20-38(6)35(42)39(23)7)32-25-16-17-40(29(33(25)32)22-45-46(9,10)36(2,3)4)34(41)26-18-30(43-8)31(19-28(26)37-5)44-21-24-14-12-11-13-15-24/h11-15,18-20,23,25,29,32-33,37H,16-17,21-22H2,1-10H3/t23?,25-,29-,32?,33?/m1/s1. The second-order valence-electron chi connectivity index (χ2n) is 14.6. The zero-order chi connectivity index (χ0) is 33.6. The largest absolute Gasteiger partial charge is 0.493 e. The van der Waals surface area contributed by atoms with Crippen molar-refractivity contribution in [1.82, 2.24) is 14.7 Å². The Morgan fingerprint density at radius 3 is 2.41 bits per heavy atom. The van der Waals surface area contributed by atoms with E-state index in [0.29, 0.717) is 54.3 Å². The van der Waals surface area contributed by atoms with Gasteiger partial charge in [-0.25, -0.2) is 4.79 Å². The zero-order valence-electron chi connectivity index (χ0n) is 29.2. The molecule has 3 amide bonds. The molecule has 2 fully saturated rings. The predicted molar refractivity (Wildman–Crippen MR) is 185 cm³/mol. The maximum absolute atomic E-state index is 14.6. The molecule has 0 bridgehead atoms. The van der Waals surface area contributed by atoms with Crippen LogP contribution in [0, 0.1) is 17.8 Å². The highest BCUT2D eigenvalue weighted by Gasteiger charge is 2.61. The summed E-state index contributed by atoms with van der Waals surface area (Å²) in [5.74, 6) is 2.06. The summed E-state index contributed by atoms with van der Waals surface area (Å²) >= 11 is 0. The van der Waals surface area contributed by atoms with E-state index >= 15 is 0 Å². The Morgan fingerprint density at radius 1 is 1.09 bits per heavy atom. The van der Waals surface area contributed by atoms with E-state index in [9.17, 15) is 9.59 Å². The van der Waals surface area contributed by atoms with Gasteiger partial charge in [0.15, 0.2) is 19.8 Å². The third-order valence-corrected chi connectivity index (χ3v) is 15.4. The summed E-state index contributed by atoms with van der Waals surface area (Å²) in [4.78, 5) is 32.8. The van der Waals surface area contributed by atoms with Gasteiger partial charge in [-0.05, 0) is 66.4 Å². The van der Waals surface area contributed by atoms with Crippen molar-refractivity contribution in [2.45, 2.75) is 70.9 Å². The summed E-state index contributed by atoms with van der Waals surface area (Å²) in [6.45, 7) is 14.9. The third kappa shape index (κ3) is 6.38. The fourth-order valence-corrected chi connectivity index (χ4v) is 7.91. The molecule has 3 aliphatic rings. The predicted octanol–water partition coefficient (Wildman–Crippen LogP) is 6.68. The van der Waals surface area contributed by atoms with Crippen LogP contribution in [-0.2, 0) is 11.0 Å². The first kappa shape index (κ1) is 33.8. The number of carbonyl (C=O) groups excluding carboxylic acids is 2. The number of rotatable bonds is 10. The maximum atomic E-state index is 14.6. The van der Waals surface area contributed by atoms with Crippen molar-refractivity contribution >= 4 is 25.9 Å². The van der Waals surface area contributed by atoms with E-state index in [2.05, 4.69) is 46.1 Å². The molecule has 3 unspecified atom stereocenters. The van der Waals surface area contributed by atoms with Crippen molar-refractivity contribution in [3.8, 4) is 11.5 Å². The fourth-order valence-electron chi connectivity index (χ4n) is 6.89. The van der Waals surface area contributed by atoms with Crippen LogP contribution in [0.3, 0.4) is 0 Å². The van der Waals surface area contributed by atoms with Gasteiger partial charge in [-0.1, -0.05) is 51.1 Å². The lowest BCUT2D eigenvalue weighted by atomic mass is 9.97. The number of hydrogen-bond acceptors (Lipinski definition) is 6. The molecule has 1 saturated carbocycles. The number of amides is 3. The van der Waals surface area contributed by atoms with Crippen molar-refractivity contribution in [1.29, 1.82) is 0 Å². The number of nitrogens with one attached hydrogen (secondary N) is 1. The van der Waals surface area contributed by atoms with Crippen molar-refractivity contribution in [2.24, 2.45) is 17.8 Å². The number of nitrogens with zero attached hydrogens (tertiary/aromatic N) is 3. The van der Waals surface area contributed by atoms with Crippen LogP contribution in [0.15, 0.2) is 54.2 Å². The summed E-state index contributed by atoms with van der Waals surface area (Å²) < 4.78 is 18.8. The highest BCUT2D eigenvalue weighted by molar-refractivity contribution is 6.74. The topological polar surface area (TPSA) is 83.6 Å². The van der Waals surface area contributed by atoms with Crippen LogP contribution in [0.1, 0.15) is 50.0 Å². The lowest BCUT2D eigenvalue weighted by molar-refractivity contribution is 0.0482. The van der Waals surface area contributed by atoms with Gasteiger partial charge in [-0.15, -0.1) is 0 Å². The van der Waals surface area contributed by atoms with Gasteiger partial charge in [0.25, 0.3) is 5.91 Å². The number of methoxy groups -OCH3 is 1. The lowest BCUT2D eigenvalue weighted by Crippen LogP contribution is -2.51. The molecular weight excluding hydrogens is 597 g/mol. The first-order chi connectivity index (χ1) is 21.7. The van der Waals surface area contributed by atoms with Gasteiger partial charge < -0.3 is 33.9 Å². The minimum absolute atomic E-state index is 0.000719. The molecule has 2 heterocycles. The van der Waals surface area contributed by atoms with E-state index in [1.807, 2.05) is 73.5 Å². The molecule has 250 valence electrons. The molecule has 9 nitrogen and oxygen atoms in total. The van der Waals surface area contributed by atoms with E-state index in [-0.39, 0.29) is 35.0 Å². The average molecular weight is 649 g/mol. The van der Waals surface area contributed by atoms with Crippen molar-refractivity contribution in [2.75, 3.05) is 46.7 Å². The van der Waals surface area contributed by atoms with Gasteiger partial charge in [0.05, 0.1) is 37.1 Å². The van der Waals surface area contributed by atoms with E-state index in [1.165, 1.54) is 5.57 Å². The molecule has 0 spiro atoms. The number of fused-ring (bicyclic) bond motifs is 1. The monoisotopic (exact) mass is 648 g/mol. The third-order valence-electron chi connectivity index (χ3n) is 10.9.